The lowest BCUT2D eigenvalue weighted by Gasteiger charge is -2.23. The Bertz CT molecular complexity index is 252. The van der Waals surface area contributed by atoms with Gasteiger partial charge in [-0.3, -0.25) is 9.59 Å². The first kappa shape index (κ1) is 13.9. The van der Waals surface area contributed by atoms with Crippen molar-refractivity contribution >= 4 is 11.9 Å². The van der Waals surface area contributed by atoms with Crippen LogP contribution >= 0.6 is 0 Å². The number of nitrogens with one attached hydrogen (secondary N) is 2. The van der Waals surface area contributed by atoms with Crippen molar-refractivity contribution in [2.24, 2.45) is 0 Å². The zero-order chi connectivity index (χ0) is 12.5. The van der Waals surface area contributed by atoms with Gasteiger partial charge in [0, 0.05) is 25.6 Å². The third-order valence-electron chi connectivity index (χ3n) is 2.39. The highest BCUT2D eigenvalue weighted by Gasteiger charge is 2.16. The SMILES string of the molecule is CCOC(=O)CCNC(=O)CC1COCCN1. The molecule has 1 unspecified atom stereocenters. The van der Waals surface area contributed by atoms with Crippen molar-refractivity contribution < 1.29 is 19.1 Å². The zero-order valence-corrected chi connectivity index (χ0v) is 10.2. The lowest BCUT2D eigenvalue weighted by molar-refractivity contribution is -0.143. The first-order chi connectivity index (χ1) is 8.22. The molecule has 6 heteroatoms. The van der Waals surface area contributed by atoms with E-state index in [1.165, 1.54) is 0 Å². The highest BCUT2D eigenvalue weighted by Crippen LogP contribution is 1.98. The smallest absolute Gasteiger partial charge is 0.307 e. The maximum atomic E-state index is 11.5. The van der Waals surface area contributed by atoms with E-state index in [9.17, 15) is 9.59 Å². The van der Waals surface area contributed by atoms with Gasteiger partial charge in [0.2, 0.25) is 5.91 Å². The fraction of sp³-hybridized carbons (Fsp3) is 0.818. The number of ether oxygens (including phenoxy) is 2. The van der Waals surface area contributed by atoms with E-state index in [0.29, 0.717) is 32.8 Å². The Morgan fingerprint density at radius 1 is 1.53 bits per heavy atom. The van der Waals surface area contributed by atoms with Crippen molar-refractivity contribution in [3.8, 4) is 0 Å². The van der Waals surface area contributed by atoms with Crippen molar-refractivity contribution in [1.82, 2.24) is 10.6 Å². The predicted octanol–water partition coefficient (Wildman–Crippen LogP) is -0.566. The Hall–Kier alpha value is -1.14. The van der Waals surface area contributed by atoms with Crippen LogP contribution in [0.5, 0.6) is 0 Å². The molecule has 1 heterocycles. The van der Waals surface area contributed by atoms with Gasteiger partial charge in [0.25, 0.3) is 0 Å². The Morgan fingerprint density at radius 3 is 3.00 bits per heavy atom. The van der Waals surface area contributed by atoms with Crippen LogP contribution in [0.2, 0.25) is 0 Å². The minimum Gasteiger partial charge on any atom is -0.466 e. The van der Waals surface area contributed by atoms with E-state index in [2.05, 4.69) is 10.6 Å². The van der Waals surface area contributed by atoms with E-state index in [-0.39, 0.29) is 24.3 Å². The molecule has 1 fully saturated rings. The fourth-order valence-electron chi connectivity index (χ4n) is 1.58. The van der Waals surface area contributed by atoms with Crippen molar-refractivity contribution in [2.75, 3.05) is 32.9 Å². The summed E-state index contributed by atoms with van der Waals surface area (Å²) in [5.41, 5.74) is 0. The second kappa shape index (κ2) is 8.03. The molecule has 17 heavy (non-hydrogen) atoms. The quantitative estimate of drug-likeness (QED) is 0.612. The lowest BCUT2D eigenvalue weighted by atomic mass is 10.2. The summed E-state index contributed by atoms with van der Waals surface area (Å²) in [6.07, 6.45) is 0.594. The molecule has 1 aliphatic heterocycles. The lowest BCUT2D eigenvalue weighted by Crippen LogP contribution is -2.44. The molecule has 6 nitrogen and oxygen atoms in total. The summed E-state index contributed by atoms with van der Waals surface area (Å²) in [5, 5.41) is 5.88. The van der Waals surface area contributed by atoms with Crippen LogP contribution in [0.4, 0.5) is 0 Å². The molecule has 1 saturated heterocycles. The average molecular weight is 244 g/mol. The van der Waals surface area contributed by atoms with Gasteiger partial charge in [-0.2, -0.15) is 0 Å². The number of esters is 1. The molecule has 0 aromatic rings. The molecular weight excluding hydrogens is 224 g/mol. The number of carbonyl (C=O) groups excluding carboxylic acids is 2. The van der Waals surface area contributed by atoms with Crippen LogP contribution < -0.4 is 10.6 Å². The highest BCUT2D eigenvalue weighted by molar-refractivity contribution is 5.77. The Labute approximate surface area is 101 Å². The molecule has 1 amide bonds. The molecule has 1 atom stereocenters. The first-order valence-electron chi connectivity index (χ1n) is 5.95. The molecule has 0 spiro atoms. The first-order valence-corrected chi connectivity index (χ1v) is 5.95. The highest BCUT2D eigenvalue weighted by atomic mass is 16.5. The maximum absolute atomic E-state index is 11.5. The number of hydrogen-bond donors (Lipinski definition) is 2. The van der Waals surface area contributed by atoms with Gasteiger partial charge in [0.15, 0.2) is 0 Å². The molecule has 0 saturated carbocycles. The van der Waals surface area contributed by atoms with Crippen molar-refractivity contribution in [1.29, 1.82) is 0 Å². The van der Waals surface area contributed by atoms with Gasteiger partial charge in [-0.1, -0.05) is 0 Å². The van der Waals surface area contributed by atoms with Crippen LogP contribution in [0.1, 0.15) is 19.8 Å². The fourth-order valence-corrected chi connectivity index (χ4v) is 1.58. The summed E-state index contributed by atoms with van der Waals surface area (Å²) in [6.45, 7) is 4.49. The Kier molecular flexibility index (Phi) is 6.57. The van der Waals surface area contributed by atoms with Gasteiger partial charge in [0.05, 0.1) is 26.2 Å². The van der Waals surface area contributed by atoms with Crippen LogP contribution in [0, 0.1) is 0 Å². The van der Waals surface area contributed by atoms with Crippen LogP contribution in [-0.2, 0) is 19.1 Å². The second-order valence-electron chi connectivity index (χ2n) is 3.84. The van der Waals surface area contributed by atoms with Gasteiger partial charge in [-0.05, 0) is 6.92 Å². The minimum atomic E-state index is -0.285. The molecule has 0 radical (unpaired) electrons. The molecule has 0 bridgehead atoms. The van der Waals surface area contributed by atoms with Gasteiger partial charge >= 0.3 is 5.97 Å². The van der Waals surface area contributed by atoms with Gasteiger partial charge < -0.3 is 20.1 Å². The Morgan fingerprint density at radius 2 is 2.35 bits per heavy atom. The number of hydrogen-bond acceptors (Lipinski definition) is 5. The van der Waals surface area contributed by atoms with Crippen LogP contribution in [0.25, 0.3) is 0 Å². The summed E-state index contributed by atoms with van der Waals surface area (Å²) < 4.78 is 9.99. The van der Waals surface area contributed by atoms with Gasteiger partial charge in [-0.15, -0.1) is 0 Å². The molecule has 0 aromatic heterocycles. The predicted molar refractivity (Wildman–Crippen MR) is 61.5 cm³/mol. The largest absolute Gasteiger partial charge is 0.466 e. The summed E-state index contributed by atoms with van der Waals surface area (Å²) in [6, 6.07) is 0.0753. The number of carbonyl (C=O) groups is 2. The van der Waals surface area contributed by atoms with Gasteiger partial charge in [-0.25, -0.2) is 0 Å². The molecule has 2 N–H and O–H groups in total. The van der Waals surface area contributed by atoms with E-state index < -0.39 is 0 Å². The molecule has 0 aliphatic carbocycles. The molecule has 0 aromatic carbocycles. The van der Waals surface area contributed by atoms with Crippen LogP contribution in [-0.4, -0.2) is 50.8 Å². The number of amides is 1. The summed E-state index contributed by atoms with van der Waals surface area (Å²) in [4.78, 5) is 22.5. The van der Waals surface area contributed by atoms with E-state index >= 15 is 0 Å². The summed E-state index contributed by atoms with van der Waals surface area (Å²) in [5.74, 6) is -0.357. The average Bonchev–Trinajstić information content (AvgIpc) is 2.30. The zero-order valence-electron chi connectivity index (χ0n) is 10.2. The minimum absolute atomic E-state index is 0.0719. The van der Waals surface area contributed by atoms with Crippen LogP contribution in [0.15, 0.2) is 0 Å². The van der Waals surface area contributed by atoms with Crippen molar-refractivity contribution in [2.45, 2.75) is 25.8 Å². The van der Waals surface area contributed by atoms with E-state index in [1.54, 1.807) is 6.92 Å². The standard InChI is InChI=1S/C11H20N2O4/c1-2-17-11(15)3-4-13-10(14)7-9-8-16-6-5-12-9/h9,12H,2-8H2,1H3,(H,13,14). The maximum Gasteiger partial charge on any atom is 0.307 e. The molecular formula is C11H20N2O4. The number of morpholine rings is 1. The third-order valence-corrected chi connectivity index (χ3v) is 2.39. The van der Waals surface area contributed by atoms with E-state index in [0.717, 1.165) is 6.54 Å². The van der Waals surface area contributed by atoms with Crippen molar-refractivity contribution in [3.63, 3.8) is 0 Å². The summed E-state index contributed by atoms with van der Waals surface area (Å²) in [7, 11) is 0. The van der Waals surface area contributed by atoms with E-state index in [4.69, 9.17) is 9.47 Å². The normalized spacial score (nSPS) is 19.7. The molecule has 1 aliphatic rings. The second-order valence-corrected chi connectivity index (χ2v) is 3.84. The third kappa shape index (κ3) is 6.23. The van der Waals surface area contributed by atoms with E-state index in [1.807, 2.05) is 0 Å². The molecule has 1 rings (SSSR count). The monoisotopic (exact) mass is 244 g/mol. The summed E-state index contributed by atoms with van der Waals surface area (Å²) >= 11 is 0. The van der Waals surface area contributed by atoms with Gasteiger partial charge in [0.1, 0.15) is 0 Å². The molecule has 98 valence electrons. The number of rotatable bonds is 6. The topological polar surface area (TPSA) is 76.7 Å². The van der Waals surface area contributed by atoms with Crippen LogP contribution in [0.3, 0.4) is 0 Å². The Balaban J connectivity index is 2.06. The van der Waals surface area contributed by atoms with Crippen molar-refractivity contribution in [3.05, 3.63) is 0 Å².